The molecule has 20 heavy (non-hydrogen) atoms. The molecular weight excluding hydrogens is 258 g/mol. The van der Waals surface area contributed by atoms with Gasteiger partial charge < -0.3 is 14.5 Å². The van der Waals surface area contributed by atoms with Crippen LogP contribution < -0.4 is 15.5 Å². The number of methoxy groups -OCH3 is 1. The third-order valence-electron chi connectivity index (χ3n) is 2.47. The molecule has 0 saturated carbocycles. The van der Waals surface area contributed by atoms with Gasteiger partial charge in [-0.15, -0.1) is 0 Å². The van der Waals surface area contributed by atoms with Gasteiger partial charge in [0.05, 0.1) is 31.8 Å². The number of furan rings is 1. The summed E-state index contributed by atoms with van der Waals surface area (Å²) < 4.78 is 10.2. The molecule has 0 unspecified atom stereocenters. The Kier molecular flexibility index (Phi) is 4.77. The van der Waals surface area contributed by atoms with Crippen molar-refractivity contribution in [2.24, 2.45) is 5.10 Å². The molecule has 2 rings (SSSR count). The van der Waals surface area contributed by atoms with Crippen molar-refractivity contribution in [3.63, 3.8) is 0 Å². The number of benzene rings is 1. The normalized spacial score (nSPS) is 10.4. The van der Waals surface area contributed by atoms with Crippen molar-refractivity contribution in [2.75, 3.05) is 19.0 Å². The number of hydrogen-bond acceptors (Lipinski definition) is 5. The summed E-state index contributed by atoms with van der Waals surface area (Å²) in [5.74, 6) is 0.987. The van der Waals surface area contributed by atoms with Crippen LogP contribution in [0.2, 0.25) is 0 Å². The van der Waals surface area contributed by atoms with Crippen molar-refractivity contribution in [3.8, 4) is 5.75 Å². The van der Waals surface area contributed by atoms with Gasteiger partial charge in [0.15, 0.2) is 0 Å². The average Bonchev–Trinajstić information content (AvgIpc) is 2.98. The van der Waals surface area contributed by atoms with Gasteiger partial charge in [-0.1, -0.05) is 12.1 Å². The molecule has 1 amide bonds. The number of hydrazone groups is 1. The zero-order valence-electron chi connectivity index (χ0n) is 11.0. The number of anilines is 1. The first-order valence-corrected chi connectivity index (χ1v) is 6.02. The van der Waals surface area contributed by atoms with E-state index in [4.69, 9.17) is 9.15 Å². The van der Waals surface area contributed by atoms with Crippen LogP contribution in [-0.2, 0) is 4.79 Å². The van der Waals surface area contributed by atoms with Crippen molar-refractivity contribution in [1.82, 2.24) is 5.43 Å². The summed E-state index contributed by atoms with van der Waals surface area (Å²) in [6.07, 6.45) is 2.97. The second-order valence-electron chi connectivity index (χ2n) is 3.86. The lowest BCUT2D eigenvalue weighted by Gasteiger charge is -2.09. The van der Waals surface area contributed by atoms with Crippen molar-refractivity contribution in [3.05, 3.63) is 48.4 Å². The third kappa shape index (κ3) is 3.88. The predicted molar refractivity (Wildman–Crippen MR) is 75.9 cm³/mol. The van der Waals surface area contributed by atoms with Gasteiger partial charge in [0, 0.05) is 0 Å². The molecule has 0 spiro atoms. The summed E-state index contributed by atoms with van der Waals surface area (Å²) in [7, 11) is 1.58. The summed E-state index contributed by atoms with van der Waals surface area (Å²) in [5, 5.41) is 6.75. The minimum absolute atomic E-state index is 0.0931. The Morgan fingerprint density at radius 1 is 1.35 bits per heavy atom. The molecule has 0 aliphatic carbocycles. The fourth-order valence-corrected chi connectivity index (χ4v) is 1.54. The third-order valence-corrected chi connectivity index (χ3v) is 2.47. The van der Waals surface area contributed by atoms with E-state index in [1.54, 1.807) is 19.2 Å². The highest BCUT2D eigenvalue weighted by atomic mass is 16.5. The van der Waals surface area contributed by atoms with E-state index in [-0.39, 0.29) is 12.5 Å². The SMILES string of the molecule is COc1ccccc1NCC(=O)N/N=C/c1ccco1. The highest BCUT2D eigenvalue weighted by Crippen LogP contribution is 2.22. The van der Waals surface area contributed by atoms with Crippen molar-refractivity contribution in [1.29, 1.82) is 0 Å². The zero-order chi connectivity index (χ0) is 14.2. The molecule has 2 N–H and O–H groups in total. The van der Waals surface area contributed by atoms with Crippen LogP contribution in [0.5, 0.6) is 5.75 Å². The standard InChI is InChI=1S/C14H15N3O3/c1-19-13-7-3-2-6-12(13)15-10-14(18)17-16-9-11-5-4-8-20-11/h2-9,15H,10H2,1H3,(H,17,18)/b16-9+. The molecule has 0 bridgehead atoms. The fourth-order valence-electron chi connectivity index (χ4n) is 1.54. The maximum Gasteiger partial charge on any atom is 0.259 e. The number of amides is 1. The zero-order valence-corrected chi connectivity index (χ0v) is 11.0. The van der Waals surface area contributed by atoms with Crippen LogP contribution in [0.1, 0.15) is 5.76 Å². The molecule has 0 radical (unpaired) electrons. The van der Waals surface area contributed by atoms with E-state index in [2.05, 4.69) is 15.8 Å². The topological polar surface area (TPSA) is 75.9 Å². The molecular formula is C14H15N3O3. The largest absolute Gasteiger partial charge is 0.495 e. The molecule has 6 heteroatoms. The molecule has 0 aliphatic rings. The highest BCUT2D eigenvalue weighted by Gasteiger charge is 2.03. The van der Waals surface area contributed by atoms with Crippen molar-refractivity contribution < 1.29 is 13.9 Å². The predicted octanol–water partition coefficient (Wildman–Crippen LogP) is 1.85. The highest BCUT2D eigenvalue weighted by molar-refractivity contribution is 5.83. The van der Waals surface area contributed by atoms with Crippen LogP contribution in [-0.4, -0.2) is 25.8 Å². The van der Waals surface area contributed by atoms with E-state index in [1.807, 2.05) is 24.3 Å². The Hall–Kier alpha value is -2.76. The van der Waals surface area contributed by atoms with Crippen molar-refractivity contribution in [2.45, 2.75) is 0 Å². The first-order chi connectivity index (χ1) is 9.79. The van der Waals surface area contributed by atoms with Gasteiger partial charge in [-0.2, -0.15) is 5.10 Å². The number of carbonyl (C=O) groups excluding carboxylic acids is 1. The molecule has 104 valence electrons. The number of para-hydroxylation sites is 2. The Morgan fingerprint density at radius 3 is 2.95 bits per heavy atom. The summed E-state index contributed by atoms with van der Waals surface area (Å²) in [5.41, 5.74) is 3.15. The number of rotatable bonds is 6. The van der Waals surface area contributed by atoms with E-state index in [0.29, 0.717) is 11.5 Å². The van der Waals surface area contributed by atoms with Crippen LogP contribution in [0.25, 0.3) is 0 Å². The minimum Gasteiger partial charge on any atom is -0.495 e. The van der Waals surface area contributed by atoms with E-state index in [1.165, 1.54) is 12.5 Å². The molecule has 1 aromatic heterocycles. The Balaban J connectivity index is 1.80. The number of nitrogens with one attached hydrogen (secondary N) is 2. The Morgan fingerprint density at radius 2 is 2.20 bits per heavy atom. The number of ether oxygens (including phenoxy) is 1. The van der Waals surface area contributed by atoms with Crippen LogP contribution in [0.15, 0.2) is 52.2 Å². The van der Waals surface area contributed by atoms with Crippen LogP contribution >= 0.6 is 0 Å². The van der Waals surface area contributed by atoms with Gasteiger partial charge in [-0.3, -0.25) is 4.79 Å². The van der Waals surface area contributed by atoms with E-state index >= 15 is 0 Å². The first kappa shape index (κ1) is 13.7. The Bertz CT molecular complexity index is 579. The first-order valence-electron chi connectivity index (χ1n) is 6.02. The molecule has 0 aliphatic heterocycles. The summed E-state index contributed by atoms with van der Waals surface area (Å²) >= 11 is 0. The van der Waals surface area contributed by atoms with Gasteiger partial charge in [0.2, 0.25) is 0 Å². The lowest BCUT2D eigenvalue weighted by atomic mass is 10.3. The molecule has 2 aromatic rings. The molecule has 6 nitrogen and oxygen atoms in total. The van der Waals surface area contributed by atoms with Gasteiger partial charge in [-0.25, -0.2) is 5.43 Å². The van der Waals surface area contributed by atoms with E-state index in [0.717, 1.165) is 5.69 Å². The lowest BCUT2D eigenvalue weighted by Crippen LogP contribution is -2.26. The molecule has 0 saturated heterocycles. The summed E-state index contributed by atoms with van der Waals surface area (Å²) in [6, 6.07) is 10.8. The smallest absolute Gasteiger partial charge is 0.259 e. The average molecular weight is 273 g/mol. The van der Waals surface area contributed by atoms with Crippen LogP contribution in [0.4, 0.5) is 5.69 Å². The number of nitrogens with zero attached hydrogens (tertiary/aromatic N) is 1. The minimum atomic E-state index is -0.265. The molecule has 1 heterocycles. The van der Waals surface area contributed by atoms with E-state index < -0.39 is 0 Å². The van der Waals surface area contributed by atoms with Gasteiger partial charge in [0.1, 0.15) is 11.5 Å². The Labute approximate surface area is 116 Å². The quantitative estimate of drug-likeness (QED) is 0.622. The number of carbonyl (C=O) groups is 1. The molecule has 0 fully saturated rings. The van der Waals surface area contributed by atoms with Gasteiger partial charge in [-0.05, 0) is 24.3 Å². The molecule has 0 atom stereocenters. The summed E-state index contributed by atoms with van der Waals surface area (Å²) in [6.45, 7) is 0.0931. The van der Waals surface area contributed by atoms with E-state index in [9.17, 15) is 4.79 Å². The second kappa shape index (κ2) is 6.98. The van der Waals surface area contributed by atoms with Crippen LogP contribution in [0, 0.1) is 0 Å². The summed E-state index contributed by atoms with van der Waals surface area (Å²) in [4.78, 5) is 11.6. The lowest BCUT2D eigenvalue weighted by molar-refractivity contribution is -0.119. The second-order valence-corrected chi connectivity index (χ2v) is 3.86. The van der Waals surface area contributed by atoms with Gasteiger partial charge in [0.25, 0.3) is 5.91 Å². The fraction of sp³-hybridized carbons (Fsp3) is 0.143. The van der Waals surface area contributed by atoms with Gasteiger partial charge >= 0.3 is 0 Å². The van der Waals surface area contributed by atoms with Crippen molar-refractivity contribution >= 4 is 17.8 Å². The van der Waals surface area contributed by atoms with Crippen LogP contribution in [0.3, 0.4) is 0 Å². The monoisotopic (exact) mass is 273 g/mol. The number of hydrogen-bond donors (Lipinski definition) is 2. The maximum atomic E-state index is 11.6. The molecule has 1 aromatic carbocycles. The maximum absolute atomic E-state index is 11.6.